The van der Waals surface area contributed by atoms with Gasteiger partial charge in [0.15, 0.2) is 0 Å². The maximum atomic E-state index is 6.40. The zero-order valence-electron chi connectivity index (χ0n) is 11.6. The number of halogens is 1. The summed E-state index contributed by atoms with van der Waals surface area (Å²) in [5.74, 6) is 0.845. The van der Waals surface area contributed by atoms with Crippen LogP contribution in [-0.2, 0) is 0 Å². The Hall–Kier alpha value is -0.970. The molecule has 2 aromatic rings. The smallest absolute Gasteiger partial charge is 0.124 e. The first-order valence-corrected chi connectivity index (χ1v) is 8.49. The molecule has 2 aromatic carbocycles. The van der Waals surface area contributed by atoms with Crippen LogP contribution in [0.2, 0.25) is 0 Å². The van der Waals surface area contributed by atoms with E-state index in [1.807, 2.05) is 25.1 Å². The predicted octanol–water partition coefficient (Wildman–Crippen LogP) is 4.62. The number of benzene rings is 2. The molecule has 0 spiro atoms. The second-order valence-corrected chi connectivity index (χ2v) is 6.16. The van der Waals surface area contributed by atoms with Crippen molar-refractivity contribution in [1.82, 2.24) is 0 Å². The van der Waals surface area contributed by atoms with Crippen molar-refractivity contribution in [1.29, 1.82) is 0 Å². The van der Waals surface area contributed by atoms with Crippen molar-refractivity contribution in [2.75, 3.05) is 12.9 Å². The zero-order chi connectivity index (χ0) is 14.5. The Balaban J connectivity index is 2.35. The third-order valence-electron chi connectivity index (χ3n) is 3.08. The normalized spacial score (nSPS) is 12.2. The van der Waals surface area contributed by atoms with Crippen molar-refractivity contribution in [2.24, 2.45) is 5.73 Å². The van der Waals surface area contributed by atoms with Gasteiger partial charge >= 0.3 is 0 Å². The van der Waals surface area contributed by atoms with Crippen LogP contribution in [-0.4, -0.2) is 12.9 Å². The lowest BCUT2D eigenvalue weighted by Crippen LogP contribution is -2.13. The van der Waals surface area contributed by atoms with E-state index in [0.717, 1.165) is 21.3 Å². The molecule has 1 atom stereocenters. The summed E-state index contributed by atoms with van der Waals surface area (Å²) in [6.07, 6.45) is 2.07. The van der Waals surface area contributed by atoms with Crippen LogP contribution in [0.15, 0.2) is 51.8 Å². The van der Waals surface area contributed by atoms with Gasteiger partial charge in [-0.2, -0.15) is 0 Å². The van der Waals surface area contributed by atoms with E-state index in [-0.39, 0.29) is 6.04 Å². The van der Waals surface area contributed by atoms with Crippen LogP contribution in [0, 0.1) is 0 Å². The SMILES string of the molecule is CCOc1ccc(Br)cc1C(N)c1ccc(SC)cc1. The van der Waals surface area contributed by atoms with Gasteiger partial charge in [-0.15, -0.1) is 11.8 Å². The third kappa shape index (κ3) is 3.57. The first kappa shape index (κ1) is 15.4. The van der Waals surface area contributed by atoms with Crippen LogP contribution in [0.25, 0.3) is 0 Å². The minimum Gasteiger partial charge on any atom is -0.494 e. The van der Waals surface area contributed by atoms with E-state index >= 15 is 0 Å². The molecule has 2 N–H and O–H groups in total. The van der Waals surface area contributed by atoms with Gasteiger partial charge in [0.25, 0.3) is 0 Å². The van der Waals surface area contributed by atoms with Gasteiger partial charge in [0.05, 0.1) is 12.6 Å². The summed E-state index contributed by atoms with van der Waals surface area (Å²) in [5.41, 5.74) is 8.48. The molecule has 0 aromatic heterocycles. The molecule has 1 unspecified atom stereocenters. The molecule has 0 aliphatic heterocycles. The van der Waals surface area contributed by atoms with E-state index in [2.05, 4.69) is 46.5 Å². The van der Waals surface area contributed by atoms with Crippen molar-refractivity contribution in [2.45, 2.75) is 17.9 Å². The number of thioether (sulfide) groups is 1. The Labute approximate surface area is 132 Å². The van der Waals surface area contributed by atoms with E-state index in [1.165, 1.54) is 4.90 Å². The average molecular weight is 352 g/mol. The van der Waals surface area contributed by atoms with Crippen LogP contribution in [0.4, 0.5) is 0 Å². The summed E-state index contributed by atoms with van der Waals surface area (Å²) in [6, 6.07) is 14.1. The van der Waals surface area contributed by atoms with Gasteiger partial charge in [0.1, 0.15) is 5.75 Å². The van der Waals surface area contributed by atoms with Gasteiger partial charge < -0.3 is 10.5 Å². The lowest BCUT2D eigenvalue weighted by molar-refractivity contribution is 0.335. The first-order chi connectivity index (χ1) is 9.65. The number of rotatable bonds is 5. The molecule has 20 heavy (non-hydrogen) atoms. The summed E-state index contributed by atoms with van der Waals surface area (Å²) in [7, 11) is 0. The molecule has 0 aliphatic carbocycles. The van der Waals surface area contributed by atoms with Gasteiger partial charge in [0.2, 0.25) is 0 Å². The topological polar surface area (TPSA) is 35.2 Å². The molecule has 0 amide bonds. The third-order valence-corrected chi connectivity index (χ3v) is 4.32. The molecule has 2 rings (SSSR count). The van der Waals surface area contributed by atoms with Gasteiger partial charge in [-0.05, 0) is 49.1 Å². The summed E-state index contributed by atoms with van der Waals surface area (Å²) in [6.45, 7) is 2.61. The molecular formula is C16H18BrNOS. The number of ether oxygens (including phenoxy) is 1. The van der Waals surface area contributed by atoms with Crippen LogP contribution < -0.4 is 10.5 Å². The molecule has 0 saturated carbocycles. The van der Waals surface area contributed by atoms with Crippen molar-refractivity contribution in [3.63, 3.8) is 0 Å². The highest BCUT2D eigenvalue weighted by Gasteiger charge is 2.14. The largest absolute Gasteiger partial charge is 0.494 e. The standard InChI is InChI=1S/C16H18BrNOS/c1-3-19-15-9-6-12(17)10-14(15)16(18)11-4-7-13(20-2)8-5-11/h4-10,16H,3,18H2,1-2H3. The molecular weight excluding hydrogens is 334 g/mol. The second-order valence-electron chi connectivity index (χ2n) is 4.37. The number of hydrogen-bond acceptors (Lipinski definition) is 3. The summed E-state index contributed by atoms with van der Waals surface area (Å²) in [4.78, 5) is 1.24. The monoisotopic (exact) mass is 351 g/mol. The molecule has 0 fully saturated rings. The Morgan fingerprint density at radius 1 is 1.20 bits per heavy atom. The summed E-state index contributed by atoms with van der Waals surface area (Å²) in [5, 5.41) is 0. The van der Waals surface area contributed by atoms with E-state index in [4.69, 9.17) is 10.5 Å². The lowest BCUT2D eigenvalue weighted by atomic mass is 9.99. The molecule has 0 bridgehead atoms. The van der Waals surface area contributed by atoms with E-state index in [1.54, 1.807) is 11.8 Å². The maximum Gasteiger partial charge on any atom is 0.124 e. The molecule has 0 aliphatic rings. The lowest BCUT2D eigenvalue weighted by Gasteiger charge is -2.17. The minimum absolute atomic E-state index is 0.190. The van der Waals surface area contributed by atoms with Gasteiger partial charge in [-0.1, -0.05) is 28.1 Å². The second kappa shape index (κ2) is 7.16. The fourth-order valence-corrected chi connectivity index (χ4v) is 2.83. The van der Waals surface area contributed by atoms with Crippen LogP contribution in [0.3, 0.4) is 0 Å². The van der Waals surface area contributed by atoms with Crippen molar-refractivity contribution in [3.05, 3.63) is 58.1 Å². The van der Waals surface area contributed by atoms with E-state index in [0.29, 0.717) is 6.61 Å². The Bertz CT molecular complexity index is 571. The summed E-state index contributed by atoms with van der Waals surface area (Å²) >= 11 is 5.22. The van der Waals surface area contributed by atoms with E-state index < -0.39 is 0 Å². The molecule has 0 saturated heterocycles. The van der Waals surface area contributed by atoms with Gasteiger partial charge in [0, 0.05) is 14.9 Å². The van der Waals surface area contributed by atoms with Gasteiger partial charge in [-0.25, -0.2) is 0 Å². The number of nitrogens with two attached hydrogens (primary N) is 1. The Morgan fingerprint density at radius 3 is 2.50 bits per heavy atom. The van der Waals surface area contributed by atoms with Crippen LogP contribution in [0.1, 0.15) is 24.1 Å². The van der Waals surface area contributed by atoms with Crippen molar-refractivity contribution in [3.8, 4) is 5.75 Å². The Kier molecular flexibility index (Phi) is 5.52. The molecule has 2 nitrogen and oxygen atoms in total. The average Bonchev–Trinajstić information content (AvgIpc) is 2.48. The van der Waals surface area contributed by atoms with Gasteiger partial charge in [-0.3, -0.25) is 0 Å². The fraction of sp³-hybridized carbons (Fsp3) is 0.250. The summed E-state index contributed by atoms with van der Waals surface area (Å²) < 4.78 is 6.68. The molecule has 0 heterocycles. The maximum absolute atomic E-state index is 6.40. The fourth-order valence-electron chi connectivity index (χ4n) is 2.04. The molecule has 106 valence electrons. The minimum atomic E-state index is -0.190. The number of hydrogen-bond donors (Lipinski definition) is 1. The predicted molar refractivity (Wildman–Crippen MR) is 89.6 cm³/mol. The van der Waals surface area contributed by atoms with Crippen molar-refractivity contribution < 1.29 is 4.74 Å². The van der Waals surface area contributed by atoms with E-state index in [9.17, 15) is 0 Å². The highest BCUT2D eigenvalue weighted by atomic mass is 79.9. The zero-order valence-corrected chi connectivity index (χ0v) is 14.0. The molecule has 4 heteroatoms. The highest BCUT2D eigenvalue weighted by Crippen LogP contribution is 2.31. The van der Waals surface area contributed by atoms with Crippen LogP contribution in [0.5, 0.6) is 5.75 Å². The quantitative estimate of drug-likeness (QED) is 0.798. The van der Waals surface area contributed by atoms with Crippen molar-refractivity contribution >= 4 is 27.7 Å². The van der Waals surface area contributed by atoms with Crippen LogP contribution >= 0.6 is 27.7 Å². The Morgan fingerprint density at radius 2 is 1.90 bits per heavy atom. The highest BCUT2D eigenvalue weighted by molar-refractivity contribution is 9.10. The first-order valence-electron chi connectivity index (χ1n) is 6.47. The molecule has 0 radical (unpaired) electrons.